The number of carbonyl (C=O) groups is 1. The smallest absolute Gasteiger partial charge is 0.167 e. The Balaban J connectivity index is 1.79. The van der Waals surface area contributed by atoms with E-state index in [1.165, 1.54) is 0 Å². The fourth-order valence-corrected chi connectivity index (χ4v) is 4.06. The summed E-state index contributed by atoms with van der Waals surface area (Å²) < 4.78 is 11.5. The summed E-state index contributed by atoms with van der Waals surface area (Å²) in [5.41, 5.74) is 2.82. The number of methoxy groups -OCH3 is 1. The van der Waals surface area contributed by atoms with Crippen LogP contribution in [0.25, 0.3) is 0 Å². The van der Waals surface area contributed by atoms with Crippen LogP contribution in [0.3, 0.4) is 0 Å². The van der Waals surface area contributed by atoms with Gasteiger partial charge in [-0.15, -0.1) is 0 Å². The molecular weight excluding hydrogens is 382 g/mol. The van der Waals surface area contributed by atoms with Gasteiger partial charge < -0.3 is 19.7 Å². The summed E-state index contributed by atoms with van der Waals surface area (Å²) in [4.78, 5) is 14.5. The van der Waals surface area contributed by atoms with Crippen LogP contribution in [0, 0.1) is 11.8 Å². The first-order valence-corrected chi connectivity index (χ1v) is 10.7. The molecule has 0 saturated heterocycles. The van der Waals surface area contributed by atoms with Gasteiger partial charge in [-0.2, -0.15) is 0 Å². The molecule has 164 valence electrons. The zero-order valence-electron chi connectivity index (χ0n) is 18.3. The molecule has 0 aromatic heterocycles. The topological polar surface area (TPSA) is 79.2 Å². The average Bonchev–Trinajstić information content (AvgIpc) is 2.74. The van der Waals surface area contributed by atoms with Crippen LogP contribution >= 0.6 is 0 Å². The van der Waals surface area contributed by atoms with E-state index >= 15 is 0 Å². The van der Waals surface area contributed by atoms with E-state index in [2.05, 4.69) is 11.0 Å². The molecule has 0 amide bonds. The van der Waals surface area contributed by atoms with Crippen LogP contribution in [0.15, 0.2) is 35.9 Å². The largest absolute Gasteiger partial charge is 0.493 e. The molecule has 2 N–H and O–H groups in total. The average molecular weight is 416 g/mol. The summed E-state index contributed by atoms with van der Waals surface area (Å²) in [7, 11) is 1.62. The fraction of sp³-hybridized carbons (Fsp3) is 0.542. The SMILES string of the molecule is CCC(CO)c1cc2c(c(OC)c1)OCN(CC1C=C(C(O)C(C)C)C=CC1=O)C2. The van der Waals surface area contributed by atoms with Crippen LogP contribution in [0.4, 0.5) is 0 Å². The van der Waals surface area contributed by atoms with Gasteiger partial charge in [-0.1, -0.05) is 39.0 Å². The minimum atomic E-state index is -0.577. The third-order valence-electron chi connectivity index (χ3n) is 5.97. The number of hydrogen-bond donors (Lipinski definition) is 2. The Bertz CT molecular complexity index is 825. The molecule has 6 heteroatoms. The van der Waals surface area contributed by atoms with Gasteiger partial charge in [0.05, 0.1) is 19.1 Å². The number of aliphatic hydroxyl groups is 2. The summed E-state index contributed by atoms with van der Waals surface area (Å²) in [5.74, 6) is 1.27. The van der Waals surface area contributed by atoms with Crippen LogP contribution in [0.5, 0.6) is 11.5 Å². The van der Waals surface area contributed by atoms with Gasteiger partial charge in [0.1, 0.15) is 6.73 Å². The van der Waals surface area contributed by atoms with E-state index in [1.54, 1.807) is 19.3 Å². The van der Waals surface area contributed by atoms with Gasteiger partial charge in [0.15, 0.2) is 17.3 Å². The molecule has 0 saturated carbocycles. The molecule has 0 radical (unpaired) electrons. The van der Waals surface area contributed by atoms with Gasteiger partial charge in [0.25, 0.3) is 0 Å². The van der Waals surface area contributed by atoms with Gasteiger partial charge in [-0.05, 0) is 35.6 Å². The number of ketones is 1. The monoisotopic (exact) mass is 415 g/mol. The van der Waals surface area contributed by atoms with Crippen LogP contribution in [-0.2, 0) is 11.3 Å². The van der Waals surface area contributed by atoms with E-state index in [1.807, 2.05) is 32.9 Å². The molecule has 1 aromatic carbocycles. The van der Waals surface area contributed by atoms with E-state index in [0.717, 1.165) is 28.9 Å². The van der Waals surface area contributed by atoms with Crippen LogP contribution in [0.2, 0.25) is 0 Å². The lowest BCUT2D eigenvalue weighted by Gasteiger charge is -2.33. The fourth-order valence-electron chi connectivity index (χ4n) is 4.06. The highest BCUT2D eigenvalue weighted by molar-refractivity contribution is 5.95. The number of hydrogen-bond acceptors (Lipinski definition) is 6. The Morgan fingerprint density at radius 2 is 2.07 bits per heavy atom. The van der Waals surface area contributed by atoms with Gasteiger partial charge in [0.2, 0.25) is 0 Å². The summed E-state index contributed by atoms with van der Waals surface area (Å²) in [6, 6.07) is 4.01. The first-order valence-electron chi connectivity index (χ1n) is 10.7. The van der Waals surface area contributed by atoms with Crippen LogP contribution in [-0.4, -0.2) is 54.0 Å². The van der Waals surface area contributed by atoms with E-state index in [-0.39, 0.29) is 30.1 Å². The number of aliphatic hydroxyl groups excluding tert-OH is 2. The van der Waals surface area contributed by atoms with Crippen molar-refractivity contribution in [1.29, 1.82) is 0 Å². The maximum absolute atomic E-state index is 12.4. The zero-order chi connectivity index (χ0) is 21.8. The number of carbonyl (C=O) groups excluding carboxylic acids is 1. The normalized spacial score (nSPS) is 21.1. The van der Waals surface area contributed by atoms with E-state index in [4.69, 9.17) is 9.47 Å². The predicted molar refractivity (Wildman–Crippen MR) is 116 cm³/mol. The van der Waals surface area contributed by atoms with E-state index < -0.39 is 6.10 Å². The minimum absolute atomic E-state index is 0.0400. The number of benzene rings is 1. The van der Waals surface area contributed by atoms with Crippen molar-refractivity contribution in [3.63, 3.8) is 0 Å². The number of fused-ring (bicyclic) bond motifs is 1. The third-order valence-corrected chi connectivity index (χ3v) is 5.97. The first-order chi connectivity index (χ1) is 14.4. The Morgan fingerprint density at radius 3 is 2.70 bits per heavy atom. The summed E-state index contributed by atoms with van der Waals surface area (Å²) in [6.45, 7) is 7.56. The molecule has 1 aliphatic carbocycles. The van der Waals surface area contributed by atoms with Crippen molar-refractivity contribution in [1.82, 2.24) is 4.90 Å². The molecule has 3 atom stereocenters. The Kier molecular flexibility index (Phi) is 7.34. The molecular formula is C24H33NO5. The Hall–Kier alpha value is -2.15. The van der Waals surface area contributed by atoms with Gasteiger partial charge >= 0.3 is 0 Å². The lowest BCUT2D eigenvalue weighted by molar-refractivity contribution is -0.118. The minimum Gasteiger partial charge on any atom is -0.493 e. The molecule has 0 spiro atoms. The third kappa shape index (κ3) is 4.77. The van der Waals surface area contributed by atoms with Crippen molar-refractivity contribution in [3.8, 4) is 11.5 Å². The number of nitrogens with zero attached hydrogens (tertiary/aromatic N) is 1. The van der Waals surface area contributed by atoms with E-state index in [9.17, 15) is 15.0 Å². The second kappa shape index (κ2) is 9.77. The zero-order valence-corrected chi connectivity index (χ0v) is 18.3. The quantitative estimate of drug-likeness (QED) is 0.680. The van der Waals surface area contributed by atoms with Crippen molar-refractivity contribution in [2.75, 3.05) is 27.0 Å². The molecule has 1 aliphatic heterocycles. The second-order valence-electron chi connectivity index (χ2n) is 8.48. The molecule has 0 fully saturated rings. The highest BCUT2D eigenvalue weighted by Crippen LogP contribution is 2.39. The Morgan fingerprint density at radius 1 is 1.30 bits per heavy atom. The lowest BCUT2D eigenvalue weighted by Crippen LogP contribution is -2.38. The summed E-state index contributed by atoms with van der Waals surface area (Å²) in [6.07, 6.45) is 5.43. The molecule has 0 bridgehead atoms. The maximum Gasteiger partial charge on any atom is 0.167 e. The second-order valence-corrected chi connectivity index (χ2v) is 8.48. The number of allylic oxidation sites excluding steroid dienone is 1. The molecule has 1 heterocycles. The lowest BCUT2D eigenvalue weighted by atomic mass is 9.88. The van der Waals surface area contributed by atoms with Crippen molar-refractivity contribution in [2.24, 2.45) is 11.8 Å². The van der Waals surface area contributed by atoms with Crippen molar-refractivity contribution >= 4 is 5.78 Å². The molecule has 2 aliphatic rings. The maximum atomic E-state index is 12.4. The number of ether oxygens (including phenoxy) is 2. The van der Waals surface area contributed by atoms with Crippen molar-refractivity contribution in [3.05, 3.63) is 47.1 Å². The van der Waals surface area contributed by atoms with Crippen molar-refractivity contribution in [2.45, 2.75) is 45.8 Å². The van der Waals surface area contributed by atoms with Crippen LogP contribution < -0.4 is 9.47 Å². The van der Waals surface area contributed by atoms with Crippen LogP contribution in [0.1, 0.15) is 44.2 Å². The highest BCUT2D eigenvalue weighted by Gasteiger charge is 2.28. The summed E-state index contributed by atoms with van der Waals surface area (Å²) >= 11 is 0. The molecule has 6 nitrogen and oxygen atoms in total. The van der Waals surface area contributed by atoms with E-state index in [0.29, 0.717) is 25.6 Å². The predicted octanol–water partition coefficient (Wildman–Crippen LogP) is 3.03. The molecule has 3 rings (SSSR count). The molecule has 30 heavy (non-hydrogen) atoms. The van der Waals surface area contributed by atoms with Gasteiger partial charge in [-0.3, -0.25) is 9.69 Å². The number of rotatable bonds is 8. The highest BCUT2D eigenvalue weighted by atomic mass is 16.5. The first kappa shape index (κ1) is 22.5. The summed E-state index contributed by atoms with van der Waals surface area (Å²) in [5, 5.41) is 20.1. The van der Waals surface area contributed by atoms with Gasteiger partial charge in [0, 0.05) is 31.2 Å². The molecule has 1 aromatic rings. The van der Waals surface area contributed by atoms with Crippen molar-refractivity contribution < 1.29 is 24.5 Å². The Labute approximate surface area is 178 Å². The standard InChI is InChI=1S/C24H33NO5/c1-5-16(13-26)18-9-20-12-25(14-30-24(20)22(10-18)29-4)11-19-8-17(6-7-21(19)27)23(28)15(2)3/h6-10,15-16,19,23,26,28H,5,11-14H2,1-4H3. The van der Waals surface area contributed by atoms with Gasteiger partial charge in [-0.25, -0.2) is 0 Å². The molecule has 3 unspecified atom stereocenters.